The SMILES string of the molecule is CC.CCCC.CCc1nc(C2CC2)nc(OC2CCC(C)C2)c1CCN. The Kier molecular flexibility index (Phi) is 11.6. The van der Waals surface area contributed by atoms with E-state index in [1.54, 1.807) is 0 Å². The summed E-state index contributed by atoms with van der Waals surface area (Å²) < 4.78 is 6.28. The summed E-state index contributed by atoms with van der Waals surface area (Å²) in [4.78, 5) is 9.54. The minimum atomic E-state index is 0.322. The van der Waals surface area contributed by atoms with Gasteiger partial charge in [0.2, 0.25) is 5.88 Å². The molecule has 27 heavy (non-hydrogen) atoms. The number of aryl methyl sites for hydroxylation is 1. The number of aromatic nitrogens is 2. The normalized spacial score (nSPS) is 21.0. The fourth-order valence-corrected chi connectivity index (χ4v) is 3.26. The van der Waals surface area contributed by atoms with Gasteiger partial charge in [-0.2, -0.15) is 4.98 Å². The van der Waals surface area contributed by atoms with Gasteiger partial charge in [-0.05, 0) is 57.4 Å². The largest absolute Gasteiger partial charge is 0.474 e. The van der Waals surface area contributed by atoms with Gasteiger partial charge in [-0.25, -0.2) is 4.98 Å². The Labute approximate surface area is 167 Å². The topological polar surface area (TPSA) is 61.0 Å². The third-order valence-electron chi connectivity index (χ3n) is 5.17. The van der Waals surface area contributed by atoms with E-state index in [2.05, 4.69) is 27.7 Å². The summed E-state index contributed by atoms with van der Waals surface area (Å²) >= 11 is 0. The first-order valence-corrected chi connectivity index (χ1v) is 11.4. The van der Waals surface area contributed by atoms with E-state index in [0.29, 0.717) is 18.6 Å². The fraction of sp³-hybridized carbons (Fsp3) is 0.826. The van der Waals surface area contributed by atoms with Crippen molar-refractivity contribution >= 4 is 0 Å². The quantitative estimate of drug-likeness (QED) is 0.650. The molecule has 156 valence electrons. The van der Waals surface area contributed by atoms with Gasteiger partial charge in [0.05, 0.1) is 5.69 Å². The fourth-order valence-electron chi connectivity index (χ4n) is 3.26. The average Bonchev–Trinajstić information content (AvgIpc) is 3.47. The maximum Gasteiger partial charge on any atom is 0.220 e. The number of hydrogen-bond donors (Lipinski definition) is 1. The Morgan fingerprint density at radius 3 is 2.11 bits per heavy atom. The second-order valence-corrected chi connectivity index (χ2v) is 7.64. The summed E-state index contributed by atoms with van der Waals surface area (Å²) in [7, 11) is 0. The van der Waals surface area contributed by atoms with Crippen LogP contribution in [0.25, 0.3) is 0 Å². The molecular weight excluding hydrogens is 334 g/mol. The smallest absolute Gasteiger partial charge is 0.220 e. The van der Waals surface area contributed by atoms with Crippen molar-refractivity contribution < 1.29 is 4.74 Å². The van der Waals surface area contributed by atoms with Gasteiger partial charge in [-0.15, -0.1) is 0 Å². The van der Waals surface area contributed by atoms with E-state index >= 15 is 0 Å². The third-order valence-corrected chi connectivity index (χ3v) is 5.17. The standard InChI is InChI=1S/C17H27N3O.C4H10.C2H6/c1-3-15-14(8-9-18)17(20-16(19-15)12-5-6-12)21-13-7-4-11(2)10-13;1-3-4-2;1-2/h11-13H,3-10,18H2,1-2H3;3-4H2,1-2H3;1-2H3. The molecule has 4 heteroatoms. The molecule has 1 aromatic heterocycles. The molecule has 4 nitrogen and oxygen atoms in total. The van der Waals surface area contributed by atoms with Crippen molar-refractivity contribution in [1.82, 2.24) is 9.97 Å². The predicted octanol–water partition coefficient (Wildman–Crippen LogP) is 5.82. The van der Waals surface area contributed by atoms with Crippen LogP contribution in [0, 0.1) is 5.92 Å². The maximum absolute atomic E-state index is 6.28. The Hall–Kier alpha value is -1.16. The van der Waals surface area contributed by atoms with Gasteiger partial charge >= 0.3 is 0 Å². The Morgan fingerprint density at radius 2 is 1.67 bits per heavy atom. The molecule has 1 aromatic rings. The van der Waals surface area contributed by atoms with E-state index in [-0.39, 0.29) is 0 Å². The van der Waals surface area contributed by atoms with Crippen LogP contribution in [0.2, 0.25) is 0 Å². The molecule has 2 saturated carbocycles. The van der Waals surface area contributed by atoms with Crippen LogP contribution in [0.5, 0.6) is 5.88 Å². The van der Waals surface area contributed by atoms with E-state index in [4.69, 9.17) is 20.4 Å². The number of ether oxygens (including phenoxy) is 1. The number of unbranched alkanes of at least 4 members (excludes halogenated alkanes) is 1. The van der Waals surface area contributed by atoms with Gasteiger partial charge in [-0.1, -0.05) is 54.4 Å². The Bertz CT molecular complexity index is 527. The predicted molar refractivity (Wildman–Crippen MR) is 116 cm³/mol. The summed E-state index contributed by atoms with van der Waals surface area (Å²) in [6, 6.07) is 0. The third kappa shape index (κ3) is 7.77. The van der Waals surface area contributed by atoms with Crippen molar-refractivity contribution in [3.05, 3.63) is 17.1 Å². The van der Waals surface area contributed by atoms with Gasteiger partial charge in [0, 0.05) is 11.5 Å². The van der Waals surface area contributed by atoms with E-state index in [0.717, 1.165) is 54.6 Å². The summed E-state index contributed by atoms with van der Waals surface area (Å²) in [5.74, 6) is 3.15. The van der Waals surface area contributed by atoms with Crippen molar-refractivity contribution in [3.8, 4) is 5.88 Å². The van der Waals surface area contributed by atoms with Crippen LogP contribution in [0.4, 0.5) is 0 Å². The molecule has 0 bridgehead atoms. The van der Waals surface area contributed by atoms with E-state index in [9.17, 15) is 0 Å². The summed E-state index contributed by atoms with van der Waals surface area (Å²) in [5, 5.41) is 0. The first-order chi connectivity index (χ1) is 13.1. The second-order valence-electron chi connectivity index (χ2n) is 7.64. The molecule has 2 aliphatic carbocycles. The van der Waals surface area contributed by atoms with Gasteiger partial charge < -0.3 is 10.5 Å². The van der Waals surface area contributed by atoms with Crippen LogP contribution in [0.3, 0.4) is 0 Å². The minimum Gasteiger partial charge on any atom is -0.474 e. The van der Waals surface area contributed by atoms with Crippen molar-refractivity contribution in [2.75, 3.05) is 6.54 Å². The molecule has 3 rings (SSSR count). The highest BCUT2D eigenvalue weighted by atomic mass is 16.5. The summed E-state index contributed by atoms with van der Waals surface area (Å²) in [6.07, 6.45) is 10.7. The highest BCUT2D eigenvalue weighted by molar-refractivity contribution is 5.33. The van der Waals surface area contributed by atoms with Crippen LogP contribution in [0.15, 0.2) is 0 Å². The minimum absolute atomic E-state index is 0.322. The number of nitrogens with two attached hydrogens (primary N) is 1. The van der Waals surface area contributed by atoms with Crippen LogP contribution in [0.1, 0.15) is 109 Å². The number of rotatable bonds is 7. The highest BCUT2D eigenvalue weighted by Crippen LogP contribution is 2.40. The molecule has 0 saturated heterocycles. The number of hydrogen-bond acceptors (Lipinski definition) is 4. The summed E-state index contributed by atoms with van der Waals surface area (Å²) in [6.45, 7) is 13.4. The van der Waals surface area contributed by atoms with E-state index in [1.807, 2.05) is 13.8 Å². The molecule has 0 amide bonds. The number of nitrogens with zero attached hydrogens (tertiary/aromatic N) is 2. The first kappa shape index (κ1) is 23.9. The second kappa shape index (κ2) is 13.1. The Balaban J connectivity index is 0.000000541. The van der Waals surface area contributed by atoms with Gasteiger partial charge in [0.15, 0.2) is 0 Å². The van der Waals surface area contributed by atoms with Crippen molar-refractivity contribution in [1.29, 1.82) is 0 Å². The first-order valence-electron chi connectivity index (χ1n) is 11.4. The molecule has 0 aliphatic heterocycles. The molecule has 2 atom stereocenters. The van der Waals surface area contributed by atoms with Gasteiger partial charge in [0.1, 0.15) is 11.9 Å². The van der Waals surface area contributed by atoms with Crippen LogP contribution >= 0.6 is 0 Å². The Morgan fingerprint density at radius 1 is 1.00 bits per heavy atom. The molecule has 2 N–H and O–H groups in total. The van der Waals surface area contributed by atoms with Crippen LogP contribution in [-0.2, 0) is 12.8 Å². The van der Waals surface area contributed by atoms with E-state index < -0.39 is 0 Å². The molecule has 0 radical (unpaired) electrons. The molecule has 2 fully saturated rings. The van der Waals surface area contributed by atoms with Crippen molar-refractivity contribution in [2.45, 2.75) is 111 Å². The van der Waals surface area contributed by atoms with Crippen LogP contribution < -0.4 is 10.5 Å². The molecule has 2 unspecified atom stereocenters. The van der Waals surface area contributed by atoms with Gasteiger partial charge in [0.25, 0.3) is 0 Å². The van der Waals surface area contributed by atoms with Crippen molar-refractivity contribution in [3.63, 3.8) is 0 Å². The zero-order valence-corrected chi connectivity index (χ0v) is 18.7. The molecule has 0 aromatic carbocycles. The molecular formula is C23H43N3O. The van der Waals surface area contributed by atoms with Gasteiger partial charge in [-0.3, -0.25) is 0 Å². The lowest BCUT2D eigenvalue weighted by molar-refractivity contribution is 0.193. The lowest BCUT2D eigenvalue weighted by Crippen LogP contribution is -2.18. The molecule has 1 heterocycles. The zero-order valence-electron chi connectivity index (χ0n) is 18.7. The average molecular weight is 378 g/mol. The highest BCUT2D eigenvalue weighted by Gasteiger charge is 2.30. The monoisotopic (exact) mass is 377 g/mol. The lowest BCUT2D eigenvalue weighted by atomic mass is 10.1. The zero-order chi connectivity index (χ0) is 20.2. The lowest BCUT2D eigenvalue weighted by Gasteiger charge is -2.18. The molecule has 0 spiro atoms. The van der Waals surface area contributed by atoms with E-state index in [1.165, 1.54) is 32.1 Å². The molecule has 2 aliphatic rings. The van der Waals surface area contributed by atoms with Crippen LogP contribution in [-0.4, -0.2) is 22.6 Å². The summed E-state index contributed by atoms with van der Waals surface area (Å²) in [5.41, 5.74) is 8.06. The van der Waals surface area contributed by atoms with Crippen molar-refractivity contribution in [2.24, 2.45) is 11.7 Å². The maximum atomic E-state index is 6.28.